The van der Waals surface area contributed by atoms with Crippen LogP contribution in [0.5, 0.6) is 0 Å². The van der Waals surface area contributed by atoms with Crippen LogP contribution >= 0.6 is 0 Å². The summed E-state index contributed by atoms with van der Waals surface area (Å²) >= 11 is 0. The molecule has 0 aliphatic rings. The van der Waals surface area contributed by atoms with Gasteiger partial charge in [0.2, 0.25) is 0 Å². The standard InChI is InChI=1S/C68H44N2O/c1-3-15-47(16-4-1)59-27-13-29-63-64-30-14-28-60(68(64)71-67(59)63)51-20-11-23-55(43-51)69(54-39-33-49(34-40-54)57-26-12-19-46-17-7-9-24-56(46)57)53-37-31-45(32-38-53)50-36-41-61-62-42-35-48-18-8-10-25-58(48)66(62)70(65(61)44-50)52-21-5-2-6-22-52/h1-44H. The van der Waals surface area contributed by atoms with Crippen LogP contribution in [0, 0.1) is 0 Å². The molecule has 3 nitrogen and oxygen atoms in total. The molecule has 12 aromatic carbocycles. The number of anilines is 3. The van der Waals surface area contributed by atoms with Crippen molar-refractivity contribution in [3.8, 4) is 50.2 Å². The second kappa shape index (κ2) is 16.7. The van der Waals surface area contributed by atoms with Gasteiger partial charge in [-0.3, -0.25) is 0 Å². The van der Waals surface area contributed by atoms with E-state index in [9.17, 15) is 0 Å². The summed E-state index contributed by atoms with van der Waals surface area (Å²) in [7, 11) is 0. The third-order valence-corrected chi connectivity index (χ3v) is 14.4. The summed E-state index contributed by atoms with van der Waals surface area (Å²) in [6.45, 7) is 0. The lowest BCUT2D eigenvalue weighted by atomic mass is 9.97. The fourth-order valence-electron chi connectivity index (χ4n) is 11.0. The number of nitrogens with zero attached hydrogens (tertiary/aromatic N) is 2. The van der Waals surface area contributed by atoms with Gasteiger partial charge >= 0.3 is 0 Å². The molecule has 0 radical (unpaired) electrons. The van der Waals surface area contributed by atoms with E-state index in [1.54, 1.807) is 0 Å². The third-order valence-electron chi connectivity index (χ3n) is 14.4. The van der Waals surface area contributed by atoms with Crippen LogP contribution in [0.25, 0.3) is 115 Å². The molecular weight excluding hydrogens is 861 g/mol. The molecule has 332 valence electrons. The summed E-state index contributed by atoms with van der Waals surface area (Å²) in [5.41, 5.74) is 17.6. The van der Waals surface area contributed by atoms with Gasteiger partial charge in [-0.05, 0) is 104 Å². The Balaban J connectivity index is 0.896. The van der Waals surface area contributed by atoms with Crippen LogP contribution in [0.15, 0.2) is 271 Å². The number of rotatable bonds is 8. The first-order valence-corrected chi connectivity index (χ1v) is 24.3. The van der Waals surface area contributed by atoms with Crippen molar-refractivity contribution in [2.75, 3.05) is 4.90 Å². The van der Waals surface area contributed by atoms with Gasteiger partial charge in [-0.15, -0.1) is 0 Å². The van der Waals surface area contributed by atoms with E-state index in [0.717, 1.165) is 78.1 Å². The number of fused-ring (bicyclic) bond motifs is 9. The van der Waals surface area contributed by atoms with E-state index in [1.165, 1.54) is 54.5 Å². The van der Waals surface area contributed by atoms with Crippen molar-refractivity contribution in [3.05, 3.63) is 267 Å². The van der Waals surface area contributed by atoms with Crippen LogP contribution < -0.4 is 4.90 Å². The SMILES string of the molecule is c1ccc(-c2cccc3c2oc2c(-c4cccc(N(c5ccc(-c6ccc7c8ccc9ccccc9c8n(-c8ccccc8)c7c6)cc5)c5ccc(-c6cccc7ccccc67)cc5)c4)cccc23)cc1. The quantitative estimate of drug-likeness (QED) is 0.151. The molecule has 0 amide bonds. The maximum absolute atomic E-state index is 6.91. The van der Waals surface area contributed by atoms with E-state index < -0.39 is 0 Å². The molecule has 0 unspecified atom stereocenters. The zero-order valence-corrected chi connectivity index (χ0v) is 38.7. The Hall–Kier alpha value is -9.44. The maximum atomic E-state index is 6.91. The Kier molecular flexibility index (Phi) is 9.53. The molecule has 2 heterocycles. The molecule has 0 saturated heterocycles. The van der Waals surface area contributed by atoms with E-state index >= 15 is 0 Å². The minimum Gasteiger partial charge on any atom is -0.455 e. The first-order valence-electron chi connectivity index (χ1n) is 24.3. The number of hydrogen-bond acceptors (Lipinski definition) is 2. The van der Waals surface area contributed by atoms with Gasteiger partial charge in [0.05, 0.1) is 11.0 Å². The van der Waals surface area contributed by atoms with Crippen LogP contribution in [0.2, 0.25) is 0 Å². The van der Waals surface area contributed by atoms with Crippen LogP contribution in [0.1, 0.15) is 0 Å². The fraction of sp³-hybridized carbons (Fsp3) is 0. The number of hydrogen-bond donors (Lipinski definition) is 0. The van der Waals surface area contributed by atoms with Crippen LogP contribution in [0.3, 0.4) is 0 Å². The second-order valence-corrected chi connectivity index (χ2v) is 18.4. The lowest BCUT2D eigenvalue weighted by molar-refractivity contribution is 0.671. The zero-order chi connectivity index (χ0) is 46.8. The molecule has 14 rings (SSSR count). The summed E-state index contributed by atoms with van der Waals surface area (Å²) in [4.78, 5) is 2.37. The molecule has 0 aliphatic carbocycles. The minimum atomic E-state index is 0.884. The highest BCUT2D eigenvalue weighted by molar-refractivity contribution is 6.19. The highest BCUT2D eigenvalue weighted by Gasteiger charge is 2.20. The van der Waals surface area contributed by atoms with Crippen molar-refractivity contribution in [3.63, 3.8) is 0 Å². The number of aromatic nitrogens is 1. The Morgan fingerprint density at radius 3 is 1.52 bits per heavy atom. The Morgan fingerprint density at radius 2 is 0.789 bits per heavy atom. The van der Waals surface area contributed by atoms with Gasteiger partial charge in [0, 0.05) is 60.8 Å². The molecule has 0 spiro atoms. The first kappa shape index (κ1) is 40.6. The molecule has 2 aromatic heterocycles. The van der Waals surface area contributed by atoms with Gasteiger partial charge < -0.3 is 13.9 Å². The van der Waals surface area contributed by atoms with Gasteiger partial charge in [-0.1, -0.05) is 212 Å². The van der Waals surface area contributed by atoms with Gasteiger partial charge in [0.25, 0.3) is 0 Å². The van der Waals surface area contributed by atoms with Crippen LogP contribution in [-0.2, 0) is 0 Å². The summed E-state index contributed by atoms with van der Waals surface area (Å²) in [6.07, 6.45) is 0. The van der Waals surface area contributed by atoms with Crippen molar-refractivity contribution >= 4 is 82.4 Å². The van der Waals surface area contributed by atoms with Crippen molar-refractivity contribution in [2.24, 2.45) is 0 Å². The summed E-state index contributed by atoms with van der Waals surface area (Å²) < 4.78 is 9.35. The van der Waals surface area contributed by atoms with Crippen LogP contribution in [0.4, 0.5) is 17.1 Å². The number of para-hydroxylation sites is 3. The van der Waals surface area contributed by atoms with E-state index in [2.05, 4.69) is 276 Å². The number of furan rings is 1. The largest absolute Gasteiger partial charge is 0.455 e. The number of benzene rings is 12. The highest BCUT2D eigenvalue weighted by Crippen LogP contribution is 2.44. The lowest BCUT2D eigenvalue weighted by Crippen LogP contribution is -2.10. The van der Waals surface area contributed by atoms with E-state index in [0.29, 0.717) is 0 Å². The molecule has 14 aromatic rings. The molecule has 0 saturated carbocycles. The molecule has 0 N–H and O–H groups in total. The van der Waals surface area contributed by atoms with E-state index in [-0.39, 0.29) is 0 Å². The average Bonchev–Trinajstić information content (AvgIpc) is 4.00. The lowest BCUT2D eigenvalue weighted by Gasteiger charge is -2.26. The zero-order valence-electron chi connectivity index (χ0n) is 38.7. The van der Waals surface area contributed by atoms with Crippen molar-refractivity contribution in [1.82, 2.24) is 4.57 Å². The van der Waals surface area contributed by atoms with Crippen molar-refractivity contribution < 1.29 is 4.42 Å². The molecule has 0 atom stereocenters. The summed E-state index contributed by atoms with van der Waals surface area (Å²) in [5, 5.41) is 9.67. The van der Waals surface area contributed by atoms with Gasteiger partial charge in [0.1, 0.15) is 11.2 Å². The Morgan fingerprint density at radius 1 is 0.282 bits per heavy atom. The van der Waals surface area contributed by atoms with Crippen molar-refractivity contribution in [1.29, 1.82) is 0 Å². The summed E-state index contributed by atoms with van der Waals surface area (Å²) in [6, 6.07) is 96.5. The molecule has 0 bridgehead atoms. The molecule has 0 fully saturated rings. The topological polar surface area (TPSA) is 21.3 Å². The predicted molar refractivity (Wildman–Crippen MR) is 299 cm³/mol. The van der Waals surface area contributed by atoms with Crippen molar-refractivity contribution in [2.45, 2.75) is 0 Å². The Labute approximate surface area is 411 Å². The molecule has 3 heteroatoms. The second-order valence-electron chi connectivity index (χ2n) is 18.4. The van der Waals surface area contributed by atoms with E-state index in [4.69, 9.17) is 4.42 Å². The van der Waals surface area contributed by atoms with Crippen LogP contribution in [-0.4, -0.2) is 4.57 Å². The van der Waals surface area contributed by atoms with E-state index in [1.807, 2.05) is 0 Å². The third kappa shape index (κ3) is 6.82. The highest BCUT2D eigenvalue weighted by atomic mass is 16.3. The fourth-order valence-corrected chi connectivity index (χ4v) is 11.0. The Bertz CT molecular complexity index is 4310. The normalized spacial score (nSPS) is 11.7. The van der Waals surface area contributed by atoms with Gasteiger partial charge in [-0.25, -0.2) is 0 Å². The molecule has 71 heavy (non-hydrogen) atoms. The average molecular weight is 905 g/mol. The van der Waals surface area contributed by atoms with Gasteiger partial charge in [0.15, 0.2) is 0 Å². The van der Waals surface area contributed by atoms with Gasteiger partial charge in [-0.2, -0.15) is 0 Å². The maximum Gasteiger partial charge on any atom is 0.143 e. The summed E-state index contributed by atoms with van der Waals surface area (Å²) in [5.74, 6) is 0. The predicted octanol–water partition coefficient (Wildman–Crippen LogP) is 19.1. The molecular formula is C68H44N2O. The monoisotopic (exact) mass is 904 g/mol. The minimum absolute atomic E-state index is 0.884. The smallest absolute Gasteiger partial charge is 0.143 e. The first-order chi connectivity index (χ1) is 35.2. The molecule has 0 aliphatic heterocycles.